The second-order valence-electron chi connectivity index (χ2n) is 5.63. The first-order chi connectivity index (χ1) is 11.6. The first-order valence-corrected chi connectivity index (χ1v) is 8.88. The van der Waals surface area contributed by atoms with Gasteiger partial charge in [-0.2, -0.15) is 0 Å². The van der Waals surface area contributed by atoms with E-state index in [1.165, 1.54) is 17.3 Å². The maximum atomic E-state index is 14.0. The number of aliphatic hydroxyl groups is 1. The average Bonchev–Trinajstić information content (AvgIpc) is 3.03. The molecule has 24 heavy (non-hydrogen) atoms. The lowest BCUT2D eigenvalue weighted by atomic mass is 9.99. The number of halogens is 1. The Hall–Kier alpha value is -2.05. The van der Waals surface area contributed by atoms with Gasteiger partial charge in [-0.25, -0.2) is 14.4 Å². The third kappa shape index (κ3) is 3.25. The minimum absolute atomic E-state index is 0.293. The number of benzene rings is 1. The van der Waals surface area contributed by atoms with Crippen molar-refractivity contribution < 1.29 is 9.50 Å². The molecule has 0 aliphatic rings. The SMILES string of the molecule is CCc1cc2c(N[C@@H](CC)[C@H](O)c3ccccc3F)ncnc2s1. The maximum absolute atomic E-state index is 14.0. The van der Waals surface area contributed by atoms with Gasteiger partial charge in [0, 0.05) is 10.4 Å². The quantitative estimate of drug-likeness (QED) is 0.699. The second kappa shape index (κ2) is 7.23. The number of aryl methyl sites for hydroxylation is 1. The molecule has 0 bridgehead atoms. The first kappa shape index (κ1) is 16.8. The standard InChI is InChI=1S/C18H20FN3OS/c1-3-11-9-13-17(20-10-21-18(13)24-11)22-15(4-2)16(23)12-7-5-6-8-14(12)19/h5-10,15-16,23H,3-4H2,1-2H3,(H,20,21,22)/t15-,16+/m0/s1. The van der Waals surface area contributed by atoms with Gasteiger partial charge in [-0.3, -0.25) is 0 Å². The smallest absolute Gasteiger partial charge is 0.138 e. The molecule has 3 rings (SSSR count). The molecule has 0 spiro atoms. The van der Waals surface area contributed by atoms with Gasteiger partial charge in [-0.1, -0.05) is 32.0 Å². The van der Waals surface area contributed by atoms with Crippen LogP contribution in [0.15, 0.2) is 36.7 Å². The summed E-state index contributed by atoms with van der Waals surface area (Å²) >= 11 is 1.64. The Labute approximate surface area is 144 Å². The molecular formula is C18H20FN3OS. The lowest BCUT2D eigenvalue weighted by molar-refractivity contribution is 0.148. The lowest BCUT2D eigenvalue weighted by Crippen LogP contribution is -2.28. The van der Waals surface area contributed by atoms with E-state index < -0.39 is 11.9 Å². The molecule has 0 aliphatic heterocycles. The number of fused-ring (bicyclic) bond motifs is 1. The number of hydrogen-bond donors (Lipinski definition) is 2. The number of aromatic nitrogens is 2. The van der Waals surface area contributed by atoms with E-state index in [0.29, 0.717) is 17.8 Å². The van der Waals surface area contributed by atoms with Crippen molar-refractivity contribution in [2.24, 2.45) is 0 Å². The molecule has 0 saturated heterocycles. The van der Waals surface area contributed by atoms with Gasteiger partial charge >= 0.3 is 0 Å². The fourth-order valence-corrected chi connectivity index (χ4v) is 3.64. The third-order valence-corrected chi connectivity index (χ3v) is 5.28. The summed E-state index contributed by atoms with van der Waals surface area (Å²) in [5.74, 6) is 0.278. The second-order valence-corrected chi connectivity index (χ2v) is 6.75. The van der Waals surface area contributed by atoms with Gasteiger partial charge in [-0.05, 0) is 25.0 Å². The Kier molecular flexibility index (Phi) is 5.06. The van der Waals surface area contributed by atoms with Crippen LogP contribution in [0, 0.1) is 5.82 Å². The highest BCUT2D eigenvalue weighted by Crippen LogP contribution is 2.31. The Morgan fingerprint density at radius 1 is 1.25 bits per heavy atom. The average molecular weight is 345 g/mol. The van der Waals surface area contributed by atoms with Crippen molar-refractivity contribution in [2.75, 3.05) is 5.32 Å². The molecule has 0 saturated carbocycles. The zero-order chi connectivity index (χ0) is 17.1. The van der Waals surface area contributed by atoms with Gasteiger partial charge in [0.05, 0.1) is 11.4 Å². The Bertz CT molecular complexity index is 836. The van der Waals surface area contributed by atoms with E-state index in [2.05, 4.69) is 28.3 Å². The Balaban J connectivity index is 1.91. The van der Waals surface area contributed by atoms with Crippen LogP contribution >= 0.6 is 11.3 Å². The van der Waals surface area contributed by atoms with Crippen molar-refractivity contribution in [3.8, 4) is 0 Å². The third-order valence-electron chi connectivity index (χ3n) is 4.10. The minimum atomic E-state index is -0.953. The van der Waals surface area contributed by atoms with E-state index in [0.717, 1.165) is 16.6 Å². The molecular weight excluding hydrogens is 325 g/mol. The molecule has 0 radical (unpaired) electrons. The van der Waals surface area contributed by atoms with Crippen molar-refractivity contribution in [1.29, 1.82) is 0 Å². The van der Waals surface area contributed by atoms with Gasteiger partial charge in [0.1, 0.15) is 28.9 Å². The number of rotatable bonds is 6. The monoisotopic (exact) mass is 345 g/mol. The van der Waals surface area contributed by atoms with Crippen LogP contribution in [0.25, 0.3) is 10.2 Å². The fourth-order valence-electron chi connectivity index (χ4n) is 2.71. The molecule has 2 N–H and O–H groups in total. The summed E-state index contributed by atoms with van der Waals surface area (Å²) in [7, 11) is 0. The Morgan fingerprint density at radius 2 is 2.04 bits per heavy atom. The van der Waals surface area contributed by atoms with Crippen LogP contribution in [0.3, 0.4) is 0 Å². The molecule has 0 amide bonds. The van der Waals surface area contributed by atoms with Crippen LogP contribution in [0.2, 0.25) is 0 Å². The van der Waals surface area contributed by atoms with Crippen LogP contribution in [-0.2, 0) is 6.42 Å². The topological polar surface area (TPSA) is 58.0 Å². The van der Waals surface area contributed by atoms with Crippen molar-refractivity contribution in [2.45, 2.75) is 38.8 Å². The molecule has 6 heteroatoms. The first-order valence-electron chi connectivity index (χ1n) is 8.06. The predicted octanol–water partition coefficient (Wildman–Crippen LogP) is 4.32. The van der Waals surface area contributed by atoms with Crippen molar-refractivity contribution in [1.82, 2.24) is 9.97 Å². The van der Waals surface area contributed by atoms with Gasteiger partial charge in [0.25, 0.3) is 0 Å². The zero-order valence-electron chi connectivity index (χ0n) is 13.7. The normalized spacial score (nSPS) is 13.8. The summed E-state index contributed by atoms with van der Waals surface area (Å²) in [6.45, 7) is 4.05. The highest BCUT2D eigenvalue weighted by atomic mass is 32.1. The van der Waals surface area contributed by atoms with E-state index in [-0.39, 0.29) is 6.04 Å². The molecule has 2 aromatic heterocycles. The molecule has 2 atom stereocenters. The van der Waals surface area contributed by atoms with E-state index in [1.807, 2.05) is 6.92 Å². The van der Waals surface area contributed by atoms with Gasteiger partial charge in [-0.15, -0.1) is 11.3 Å². The number of nitrogens with one attached hydrogen (secondary N) is 1. The summed E-state index contributed by atoms with van der Waals surface area (Å²) in [4.78, 5) is 10.8. The number of anilines is 1. The van der Waals surface area contributed by atoms with Crippen LogP contribution in [0.1, 0.15) is 36.8 Å². The summed E-state index contributed by atoms with van der Waals surface area (Å²) in [5, 5.41) is 14.8. The van der Waals surface area contributed by atoms with E-state index in [1.54, 1.807) is 29.5 Å². The van der Waals surface area contributed by atoms with Crippen molar-refractivity contribution in [3.63, 3.8) is 0 Å². The maximum Gasteiger partial charge on any atom is 0.138 e. The van der Waals surface area contributed by atoms with Gasteiger partial charge in [0.15, 0.2) is 0 Å². The lowest BCUT2D eigenvalue weighted by Gasteiger charge is -2.24. The summed E-state index contributed by atoms with van der Waals surface area (Å²) in [6, 6.07) is 8.05. The van der Waals surface area contributed by atoms with Crippen LogP contribution < -0.4 is 5.32 Å². The van der Waals surface area contributed by atoms with Gasteiger partial charge in [0.2, 0.25) is 0 Å². The van der Waals surface area contributed by atoms with E-state index in [4.69, 9.17) is 0 Å². The highest BCUT2D eigenvalue weighted by Gasteiger charge is 2.23. The number of hydrogen-bond acceptors (Lipinski definition) is 5. The number of nitrogens with zero attached hydrogens (tertiary/aromatic N) is 2. The Morgan fingerprint density at radius 3 is 2.75 bits per heavy atom. The fraction of sp³-hybridized carbons (Fsp3) is 0.333. The van der Waals surface area contributed by atoms with Crippen molar-refractivity contribution in [3.05, 3.63) is 52.9 Å². The predicted molar refractivity (Wildman–Crippen MR) is 95.9 cm³/mol. The number of aliphatic hydroxyl groups excluding tert-OH is 1. The largest absolute Gasteiger partial charge is 0.386 e. The summed E-state index contributed by atoms with van der Waals surface area (Å²) < 4.78 is 14.0. The van der Waals surface area contributed by atoms with Gasteiger partial charge < -0.3 is 10.4 Å². The number of thiophene rings is 1. The summed E-state index contributed by atoms with van der Waals surface area (Å²) in [6.07, 6.45) is 2.13. The van der Waals surface area contributed by atoms with Crippen LogP contribution in [0.4, 0.5) is 10.2 Å². The highest BCUT2D eigenvalue weighted by molar-refractivity contribution is 7.18. The molecule has 0 unspecified atom stereocenters. The zero-order valence-corrected chi connectivity index (χ0v) is 14.5. The molecule has 1 aromatic carbocycles. The van der Waals surface area contributed by atoms with Crippen LogP contribution in [0.5, 0.6) is 0 Å². The molecule has 0 aliphatic carbocycles. The summed E-state index contributed by atoms with van der Waals surface area (Å²) in [5.41, 5.74) is 0.293. The van der Waals surface area contributed by atoms with E-state index >= 15 is 0 Å². The minimum Gasteiger partial charge on any atom is -0.386 e. The van der Waals surface area contributed by atoms with Crippen LogP contribution in [-0.4, -0.2) is 21.1 Å². The van der Waals surface area contributed by atoms with Crippen molar-refractivity contribution >= 4 is 27.4 Å². The molecule has 0 fully saturated rings. The molecule has 4 nitrogen and oxygen atoms in total. The molecule has 126 valence electrons. The molecule has 3 aromatic rings. The molecule has 2 heterocycles. The van der Waals surface area contributed by atoms with E-state index in [9.17, 15) is 9.50 Å².